The summed E-state index contributed by atoms with van der Waals surface area (Å²) in [6.07, 6.45) is 1.72. The lowest BCUT2D eigenvalue weighted by atomic mass is 9.99. The summed E-state index contributed by atoms with van der Waals surface area (Å²) < 4.78 is 0. The molecule has 0 spiro atoms. The third-order valence-corrected chi connectivity index (χ3v) is 4.32. The molecule has 1 amide bonds. The fraction of sp³-hybridized carbons (Fsp3) is 0.188. The minimum Gasteiger partial charge on any atom is -0.384 e. The SMILES string of the molecule is CSc1ccccc1C(O)c1ccc2c(c1)CC(=O)N2. The first-order valence-electron chi connectivity index (χ1n) is 6.42. The lowest BCUT2D eigenvalue weighted by Crippen LogP contribution is -2.03. The van der Waals surface area contributed by atoms with Gasteiger partial charge in [0.15, 0.2) is 0 Å². The van der Waals surface area contributed by atoms with E-state index < -0.39 is 6.10 Å². The highest BCUT2D eigenvalue weighted by Gasteiger charge is 2.20. The molecule has 3 rings (SSSR count). The fourth-order valence-corrected chi connectivity index (χ4v) is 3.12. The van der Waals surface area contributed by atoms with E-state index in [1.807, 2.05) is 48.7 Å². The molecule has 1 aliphatic rings. The van der Waals surface area contributed by atoms with Gasteiger partial charge < -0.3 is 10.4 Å². The molecule has 1 heterocycles. The number of hydrogen-bond donors (Lipinski definition) is 2. The van der Waals surface area contributed by atoms with Crippen LogP contribution >= 0.6 is 11.8 Å². The number of nitrogens with one attached hydrogen (secondary N) is 1. The summed E-state index contributed by atoms with van der Waals surface area (Å²) in [6, 6.07) is 13.5. The predicted octanol–water partition coefficient (Wildman–Crippen LogP) is 2.98. The van der Waals surface area contributed by atoms with Crippen molar-refractivity contribution >= 4 is 23.4 Å². The van der Waals surface area contributed by atoms with Crippen LogP contribution in [0, 0.1) is 0 Å². The quantitative estimate of drug-likeness (QED) is 0.852. The monoisotopic (exact) mass is 285 g/mol. The Kier molecular flexibility index (Phi) is 3.51. The number of anilines is 1. The van der Waals surface area contributed by atoms with Gasteiger partial charge in [-0.1, -0.05) is 30.3 Å². The Hall–Kier alpha value is -1.78. The topological polar surface area (TPSA) is 49.3 Å². The van der Waals surface area contributed by atoms with E-state index >= 15 is 0 Å². The van der Waals surface area contributed by atoms with Crippen LogP contribution in [-0.4, -0.2) is 17.3 Å². The molecule has 1 aliphatic heterocycles. The third-order valence-electron chi connectivity index (χ3n) is 3.50. The molecular weight excluding hydrogens is 270 g/mol. The molecule has 0 bridgehead atoms. The van der Waals surface area contributed by atoms with Crippen LogP contribution in [0.2, 0.25) is 0 Å². The van der Waals surface area contributed by atoms with E-state index in [4.69, 9.17) is 0 Å². The molecule has 0 saturated carbocycles. The highest BCUT2D eigenvalue weighted by molar-refractivity contribution is 7.98. The van der Waals surface area contributed by atoms with Gasteiger partial charge in [-0.05, 0) is 35.1 Å². The van der Waals surface area contributed by atoms with Crippen molar-refractivity contribution in [2.75, 3.05) is 11.6 Å². The van der Waals surface area contributed by atoms with Crippen LogP contribution in [0.1, 0.15) is 22.8 Å². The van der Waals surface area contributed by atoms with Crippen LogP contribution in [0.5, 0.6) is 0 Å². The minimum absolute atomic E-state index is 0.0103. The number of hydrogen-bond acceptors (Lipinski definition) is 3. The molecule has 1 unspecified atom stereocenters. The van der Waals surface area contributed by atoms with E-state index in [2.05, 4.69) is 5.32 Å². The van der Waals surface area contributed by atoms with Gasteiger partial charge in [-0.2, -0.15) is 0 Å². The summed E-state index contributed by atoms with van der Waals surface area (Å²) in [4.78, 5) is 12.4. The molecule has 1 atom stereocenters. The Labute approximate surface area is 122 Å². The van der Waals surface area contributed by atoms with Gasteiger partial charge >= 0.3 is 0 Å². The van der Waals surface area contributed by atoms with Crippen molar-refractivity contribution in [1.82, 2.24) is 0 Å². The largest absolute Gasteiger partial charge is 0.384 e. The summed E-state index contributed by atoms with van der Waals surface area (Å²) in [5, 5.41) is 13.4. The summed E-state index contributed by atoms with van der Waals surface area (Å²) in [5.41, 5.74) is 3.52. The van der Waals surface area contributed by atoms with E-state index in [1.54, 1.807) is 11.8 Å². The van der Waals surface area contributed by atoms with E-state index in [-0.39, 0.29) is 5.91 Å². The van der Waals surface area contributed by atoms with Gasteiger partial charge in [-0.15, -0.1) is 11.8 Å². The normalized spacial score (nSPS) is 14.8. The summed E-state index contributed by atoms with van der Waals surface area (Å²) in [6.45, 7) is 0. The average molecular weight is 285 g/mol. The fourth-order valence-electron chi connectivity index (χ4n) is 2.49. The number of aliphatic hydroxyl groups is 1. The van der Waals surface area contributed by atoms with Gasteiger partial charge in [-0.3, -0.25) is 4.79 Å². The van der Waals surface area contributed by atoms with Crippen molar-refractivity contribution < 1.29 is 9.90 Å². The maximum absolute atomic E-state index is 11.4. The number of carbonyl (C=O) groups is 1. The second kappa shape index (κ2) is 5.31. The number of carbonyl (C=O) groups excluding carboxylic acids is 1. The van der Waals surface area contributed by atoms with Crippen LogP contribution in [0.25, 0.3) is 0 Å². The number of rotatable bonds is 3. The third kappa shape index (κ3) is 2.32. The second-order valence-electron chi connectivity index (χ2n) is 4.79. The van der Waals surface area contributed by atoms with Crippen molar-refractivity contribution in [3.05, 3.63) is 59.2 Å². The van der Waals surface area contributed by atoms with Crippen molar-refractivity contribution in [2.24, 2.45) is 0 Å². The molecule has 4 heteroatoms. The van der Waals surface area contributed by atoms with E-state index in [0.29, 0.717) is 6.42 Å². The van der Waals surface area contributed by atoms with Crippen molar-refractivity contribution in [3.8, 4) is 0 Å². The maximum Gasteiger partial charge on any atom is 0.228 e. The van der Waals surface area contributed by atoms with Crippen LogP contribution in [0.15, 0.2) is 47.4 Å². The van der Waals surface area contributed by atoms with Crippen LogP contribution < -0.4 is 5.32 Å². The van der Waals surface area contributed by atoms with Crippen LogP contribution in [-0.2, 0) is 11.2 Å². The number of benzene rings is 2. The Morgan fingerprint density at radius 1 is 1.25 bits per heavy atom. The van der Waals surface area contributed by atoms with Crippen molar-refractivity contribution in [1.29, 1.82) is 0 Å². The molecule has 2 N–H and O–H groups in total. The number of fused-ring (bicyclic) bond motifs is 1. The molecule has 0 saturated heterocycles. The highest BCUT2D eigenvalue weighted by Crippen LogP contribution is 2.33. The predicted molar refractivity (Wildman–Crippen MR) is 81.1 cm³/mol. The molecule has 102 valence electrons. The standard InChI is InChI=1S/C16H15NO2S/c1-20-14-5-3-2-4-12(14)16(19)10-6-7-13-11(8-10)9-15(18)17-13/h2-8,16,19H,9H2,1H3,(H,17,18). The van der Waals surface area contributed by atoms with Gasteiger partial charge in [0, 0.05) is 10.6 Å². The molecule has 2 aromatic rings. The second-order valence-corrected chi connectivity index (χ2v) is 5.63. The molecule has 0 aromatic heterocycles. The Bertz CT molecular complexity index is 669. The Morgan fingerprint density at radius 3 is 2.85 bits per heavy atom. The highest BCUT2D eigenvalue weighted by atomic mass is 32.2. The molecule has 0 aliphatic carbocycles. The first kappa shape index (κ1) is 13.2. The first-order valence-corrected chi connectivity index (χ1v) is 7.65. The average Bonchev–Trinajstić information content (AvgIpc) is 2.85. The Morgan fingerprint density at radius 2 is 2.05 bits per heavy atom. The number of aliphatic hydroxyl groups excluding tert-OH is 1. The van der Waals surface area contributed by atoms with E-state index in [9.17, 15) is 9.90 Å². The van der Waals surface area contributed by atoms with E-state index in [1.165, 1.54) is 0 Å². The van der Waals surface area contributed by atoms with Gasteiger partial charge in [0.25, 0.3) is 0 Å². The van der Waals surface area contributed by atoms with Crippen molar-refractivity contribution in [2.45, 2.75) is 17.4 Å². The lowest BCUT2D eigenvalue weighted by Gasteiger charge is -2.15. The molecule has 3 nitrogen and oxygen atoms in total. The maximum atomic E-state index is 11.4. The zero-order valence-electron chi connectivity index (χ0n) is 11.1. The van der Waals surface area contributed by atoms with E-state index in [0.717, 1.165) is 27.3 Å². The van der Waals surface area contributed by atoms with Gasteiger partial charge in [0.1, 0.15) is 6.10 Å². The molecule has 2 aromatic carbocycles. The summed E-state index contributed by atoms with van der Waals surface area (Å²) in [7, 11) is 0. The molecular formula is C16H15NO2S. The Balaban J connectivity index is 1.97. The first-order chi connectivity index (χ1) is 9.69. The molecule has 0 radical (unpaired) electrons. The van der Waals surface area contributed by atoms with Gasteiger partial charge in [-0.25, -0.2) is 0 Å². The molecule has 0 fully saturated rings. The van der Waals surface area contributed by atoms with Crippen LogP contribution in [0.3, 0.4) is 0 Å². The van der Waals surface area contributed by atoms with Crippen molar-refractivity contribution in [3.63, 3.8) is 0 Å². The zero-order valence-corrected chi connectivity index (χ0v) is 11.9. The zero-order chi connectivity index (χ0) is 14.1. The summed E-state index contributed by atoms with van der Waals surface area (Å²) in [5.74, 6) is 0.0103. The number of thioether (sulfide) groups is 1. The van der Waals surface area contributed by atoms with Gasteiger partial charge in [0.05, 0.1) is 6.42 Å². The minimum atomic E-state index is -0.667. The van der Waals surface area contributed by atoms with Crippen LogP contribution in [0.4, 0.5) is 5.69 Å². The smallest absolute Gasteiger partial charge is 0.228 e. The van der Waals surface area contributed by atoms with Gasteiger partial charge in [0.2, 0.25) is 5.91 Å². The lowest BCUT2D eigenvalue weighted by molar-refractivity contribution is -0.115. The molecule has 20 heavy (non-hydrogen) atoms. The number of amides is 1. The summed E-state index contributed by atoms with van der Waals surface area (Å²) >= 11 is 1.62.